The largest absolute Gasteiger partial charge is 0.398 e. The number of carbonyl (C=O) groups is 6. The highest BCUT2D eigenvalue weighted by molar-refractivity contribution is 6.15. The van der Waals surface area contributed by atoms with Crippen molar-refractivity contribution in [2.45, 2.75) is 98.2 Å². The van der Waals surface area contributed by atoms with E-state index in [4.69, 9.17) is 17.2 Å². The van der Waals surface area contributed by atoms with E-state index in [2.05, 4.69) is 78.3 Å². The Hall–Kier alpha value is -11.6. The van der Waals surface area contributed by atoms with Crippen molar-refractivity contribution in [2.75, 3.05) is 47.9 Å². The van der Waals surface area contributed by atoms with Crippen molar-refractivity contribution < 1.29 is 28.8 Å². The van der Waals surface area contributed by atoms with Crippen LogP contribution in [-0.4, -0.2) is 35.4 Å². The van der Waals surface area contributed by atoms with Crippen LogP contribution >= 0.6 is 0 Å². The Labute approximate surface area is 562 Å². The molecule has 10 aromatic carbocycles. The van der Waals surface area contributed by atoms with Gasteiger partial charge in [-0.1, -0.05) is 190 Å². The molecule has 0 radical (unpaired) electrons. The van der Waals surface area contributed by atoms with Gasteiger partial charge in [0.2, 0.25) is 0 Å². The normalized spacial score (nSPS) is 11.5. The molecular formula is C81H81N9O6. The number of amides is 6. The maximum absolute atomic E-state index is 14.9. The molecule has 0 heterocycles. The van der Waals surface area contributed by atoms with Gasteiger partial charge in [0.15, 0.2) is 0 Å². The first-order valence-corrected chi connectivity index (χ1v) is 31.8. The molecule has 0 aliphatic carbocycles. The molecule has 96 heavy (non-hydrogen) atoms. The molecule has 0 saturated heterocycles. The van der Waals surface area contributed by atoms with E-state index in [0.717, 1.165) is 33.4 Å². The van der Waals surface area contributed by atoms with Crippen molar-refractivity contribution in [1.29, 1.82) is 0 Å². The molecule has 15 nitrogen and oxygen atoms in total. The topological polar surface area (TPSA) is 226 Å². The summed E-state index contributed by atoms with van der Waals surface area (Å²) in [6, 6.07) is 69.4. The molecule has 0 aromatic heterocycles. The summed E-state index contributed by atoms with van der Waals surface area (Å²) < 4.78 is 0. The van der Waals surface area contributed by atoms with Crippen LogP contribution in [0.25, 0.3) is 0 Å². The van der Waals surface area contributed by atoms with Crippen LogP contribution in [0.5, 0.6) is 0 Å². The molecule has 10 aromatic rings. The van der Waals surface area contributed by atoms with Crippen molar-refractivity contribution in [3.8, 4) is 0 Å². The molecule has 9 N–H and O–H groups in total. The van der Waals surface area contributed by atoms with Crippen LogP contribution in [0.4, 0.5) is 51.2 Å². The first-order valence-electron chi connectivity index (χ1n) is 31.8. The second kappa shape index (κ2) is 28.3. The van der Waals surface area contributed by atoms with Crippen LogP contribution in [0.1, 0.15) is 158 Å². The predicted octanol–water partition coefficient (Wildman–Crippen LogP) is 16.6. The maximum atomic E-state index is 14.9. The van der Waals surface area contributed by atoms with Gasteiger partial charge in [0.1, 0.15) is 0 Å². The Morgan fingerprint density at radius 2 is 0.542 bits per heavy atom. The Morgan fingerprint density at radius 1 is 0.302 bits per heavy atom. The number of nitrogens with zero attached hydrogens (tertiary/aromatic N) is 3. The van der Waals surface area contributed by atoms with Crippen LogP contribution < -0.4 is 47.9 Å². The lowest BCUT2D eigenvalue weighted by Gasteiger charge is -2.25. The highest BCUT2D eigenvalue weighted by Crippen LogP contribution is 2.33. The number of rotatable bonds is 18. The number of nitrogen functional groups attached to an aromatic ring is 3. The van der Waals surface area contributed by atoms with E-state index in [-0.39, 0.29) is 70.3 Å². The zero-order chi connectivity index (χ0) is 68.6. The minimum atomic E-state index is -0.683. The average molecular weight is 1280 g/mol. The van der Waals surface area contributed by atoms with Crippen LogP contribution in [0.15, 0.2) is 237 Å². The van der Waals surface area contributed by atoms with Crippen LogP contribution in [0.2, 0.25) is 0 Å². The van der Waals surface area contributed by atoms with Gasteiger partial charge in [-0.05, 0) is 159 Å². The number of carbonyl (C=O) groups excluding carboxylic acids is 6. The smallest absolute Gasteiger partial charge is 0.260 e. The standard InChI is InChI=1S/C81H81N9O6/c1-79(2,3)58-37-31-52(32-38-58)49-88(76(94)67-25-10-13-28-70(67)82)64-22-16-19-61(46-64)85-73(91)55-43-56(74(92)86-62-20-17-23-65(47-62)89(77(95)68-26-11-14-29-71(68)83)50-53-33-39-59(40-34-53)80(4,5)6)45-57(44-55)75(93)87-63-21-18-24-66(48-63)90(78(96)69-27-12-15-30-72(69)84)51-54-35-41-60(42-36-54)81(7,8)9/h10-48H,49-51,82-84H2,1-9H3,(H,85,91)(H,86,92)(H,87,93). The van der Waals surface area contributed by atoms with Gasteiger partial charge in [-0.15, -0.1) is 0 Å². The third-order valence-corrected chi connectivity index (χ3v) is 16.8. The number of nitrogens with one attached hydrogen (secondary N) is 3. The SMILES string of the molecule is CC(C)(C)c1ccc(CN(C(=O)c2ccccc2N)c2cccc(NC(=O)c3cc(C(=O)Nc4cccc(N(Cc5ccc(C(C)(C)C)cc5)C(=O)c5ccccc5N)c4)cc(C(=O)Nc4cccc(N(Cc5ccc(C(C)(C)C)cc5)C(=O)c5ccccc5N)c4)c3)c2)cc1. The van der Waals surface area contributed by atoms with Crippen molar-refractivity contribution in [2.24, 2.45) is 0 Å². The second-order valence-electron chi connectivity index (χ2n) is 27.1. The summed E-state index contributed by atoms with van der Waals surface area (Å²) in [4.78, 5) is 93.2. The molecule has 0 spiro atoms. The summed E-state index contributed by atoms with van der Waals surface area (Å²) in [7, 11) is 0. The quantitative estimate of drug-likeness (QED) is 0.0449. The third kappa shape index (κ3) is 16.2. The fourth-order valence-electron chi connectivity index (χ4n) is 11.1. The maximum Gasteiger partial charge on any atom is 0.260 e. The van der Waals surface area contributed by atoms with E-state index in [1.54, 1.807) is 160 Å². The number of para-hydroxylation sites is 3. The van der Waals surface area contributed by atoms with E-state index in [0.29, 0.717) is 67.9 Å². The van der Waals surface area contributed by atoms with Crippen molar-refractivity contribution >= 4 is 86.6 Å². The van der Waals surface area contributed by atoms with Crippen LogP contribution in [-0.2, 0) is 35.9 Å². The predicted molar refractivity (Wildman–Crippen MR) is 389 cm³/mol. The van der Waals surface area contributed by atoms with Gasteiger partial charge in [-0.3, -0.25) is 28.8 Å². The van der Waals surface area contributed by atoms with Gasteiger partial charge in [0.25, 0.3) is 35.4 Å². The molecule has 0 aliphatic rings. The van der Waals surface area contributed by atoms with E-state index in [9.17, 15) is 28.8 Å². The highest BCUT2D eigenvalue weighted by Gasteiger charge is 2.27. The van der Waals surface area contributed by atoms with Gasteiger partial charge in [-0.25, -0.2) is 0 Å². The molecule has 0 atom stereocenters. The lowest BCUT2D eigenvalue weighted by atomic mass is 9.86. The molecule has 0 aliphatic heterocycles. The summed E-state index contributed by atoms with van der Waals surface area (Å²) in [6.45, 7) is 19.7. The molecule has 0 unspecified atom stereocenters. The lowest BCUT2D eigenvalue weighted by molar-refractivity contribution is 0.0978. The van der Waals surface area contributed by atoms with E-state index in [1.165, 1.54) is 18.2 Å². The third-order valence-electron chi connectivity index (χ3n) is 16.8. The average Bonchev–Trinajstić information content (AvgIpc) is 0.890. The van der Waals surface area contributed by atoms with Gasteiger partial charge in [0, 0.05) is 67.9 Å². The summed E-state index contributed by atoms with van der Waals surface area (Å²) >= 11 is 0. The summed E-state index contributed by atoms with van der Waals surface area (Å²) in [5, 5.41) is 8.88. The van der Waals surface area contributed by atoms with Crippen LogP contribution in [0, 0.1) is 0 Å². The highest BCUT2D eigenvalue weighted by atomic mass is 16.2. The molecule has 0 bridgehead atoms. The Balaban J connectivity index is 0.995. The van der Waals surface area contributed by atoms with Crippen molar-refractivity contribution in [3.63, 3.8) is 0 Å². The molecule has 10 rings (SSSR count). The lowest BCUT2D eigenvalue weighted by Crippen LogP contribution is -2.31. The van der Waals surface area contributed by atoms with E-state index in [1.807, 2.05) is 72.8 Å². The summed E-state index contributed by atoms with van der Waals surface area (Å²) in [6.07, 6.45) is 0. The Kier molecular flexibility index (Phi) is 19.9. The van der Waals surface area contributed by atoms with Crippen molar-refractivity contribution in [1.82, 2.24) is 0 Å². The fourth-order valence-corrected chi connectivity index (χ4v) is 11.1. The van der Waals surface area contributed by atoms with E-state index < -0.39 is 17.7 Å². The molecule has 0 fully saturated rings. The zero-order valence-corrected chi connectivity index (χ0v) is 55.7. The summed E-state index contributed by atoms with van der Waals surface area (Å²) in [5.74, 6) is -3.13. The van der Waals surface area contributed by atoms with Gasteiger partial charge in [0.05, 0.1) is 36.3 Å². The van der Waals surface area contributed by atoms with Gasteiger partial charge in [-0.2, -0.15) is 0 Å². The Bertz CT molecular complexity index is 4070. The first kappa shape index (κ1) is 67.3. The number of hydrogen-bond donors (Lipinski definition) is 6. The monoisotopic (exact) mass is 1280 g/mol. The minimum absolute atomic E-state index is 0.0611. The second-order valence-corrected chi connectivity index (χ2v) is 27.1. The molecule has 6 amide bonds. The van der Waals surface area contributed by atoms with Crippen LogP contribution in [0.3, 0.4) is 0 Å². The molecule has 15 heteroatoms. The zero-order valence-electron chi connectivity index (χ0n) is 55.7. The first-order chi connectivity index (χ1) is 45.7. The van der Waals surface area contributed by atoms with Gasteiger partial charge < -0.3 is 47.9 Å². The van der Waals surface area contributed by atoms with E-state index >= 15 is 0 Å². The number of nitrogens with two attached hydrogens (primary N) is 3. The summed E-state index contributed by atoms with van der Waals surface area (Å²) in [5.41, 5.74) is 28.8. The molecule has 486 valence electrons. The number of benzene rings is 10. The Morgan fingerprint density at radius 3 is 0.771 bits per heavy atom. The van der Waals surface area contributed by atoms with Crippen molar-refractivity contribution in [3.05, 3.63) is 303 Å². The molecular weight excluding hydrogens is 1190 g/mol. The minimum Gasteiger partial charge on any atom is -0.398 e. The fraction of sp³-hybridized carbons (Fsp3) is 0.185. The van der Waals surface area contributed by atoms with Gasteiger partial charge >= 0.3 is 0 Å². The number of hydrogen-bond acceptors (Lipinski definition) is 9. The molecule has 0 saturated carbocycles. The number of anilines is 9.